The third-order valence-corrected chi connectivity index (χ3v) is 3.36. The Morgan fingerprint density at radius 3 is 2.59 bits per heavy atom. The topological polar surface area (TPSA) is 41.5 Å². The van der Waals surface area contributed by atoms with Crippen LogP contribution in [0.5, 0.6) is 0 Å². The number of ether oxygens (including phenoxy) is 1. The fourth-order valence-electron chi connectivity index (χ4n) is 2.15. The molecule has 94 valence electrons. The average molecular weight is 235 g/mol. The molecule has 1 aliphatic rings. The zero-order valence-electron chi connectivity index (χ0n) is 10.4. The zero-order valence-corrected chi connectivity index (χ0v) is 10.4. The first-order valence-electron chi connectivity index (χ1n) is 6.23. The Kier molecular flexibility index (Phi) is 4.15. The lowest BCUT2D eigenvalue weighted by molar-refractivity contribution is 0.0278. The van der Waals surface area contributed by atoms with Crippen LogP contribution in [-0.2, 0) is 17.9 Å². The summed E-state index contributed by atoms with van der Waals surface area (Å²) in [5.41, 5.74) is 2.31. The normalized spacial score (nSPS) is 24.8. The van der Waals surface area contributed by atoms with E-state index in [0.717, 1.165) is 31.7 Å². The van der Waals surface area contributed by atoms with Gasteiger partial charge in [0.2, 0.25) is 0 Å². The second-order valence-corrected chi connectivity index (χ2v) is 5.04. The number of aliphatic hydroxyl groups excluding tert-OH is 1. The molecule has 0 bridgehead atoms. The highest BCUT2D eigenvalue weighted by atomic mass is 16.5. The van der Waals surface area contributed by atoms with Gasteiger partial charge in [-0.15, -0.1) is 0 Å². The van der Waals surface area contributed by atoms with Crippen molar-refractivity contribution >= 4 is 0 Å². The molecular formula is C14H21NO2. The van der Waals surface area contributed by atoms with Crippen LogP contribution in [0.25, 0.3) is 0 Å². The third kappa shape index (κ3) is 3.53. The van der Waals surface area contributed by atoms with Gasteiger partial charge in [-0.25, -0.2) is 0 Å². The standard InChI is InChI=1S/C14H21NO2/c1-14(7-2-8-17-11-14)15-9-12-3-5-13(10-16)6-4-12/h3-6,15-16H,2,7-11H2,1H3. The fourth-order valence-corrected chi connectivity index (χ4v) is 2.15. The molecular weight excluding hydrogens is 214 g/mol. The summed E-state index contributed by atoms with van der Waals surface area (Å²) in [6.45, 7) is 4.86. The largest absolute Gasteiger partial charge is 0.392 e. The summed E-state index contributed by atoms with van der Waals surface area (Å²) in [7, 11) is 0. The van der Waals surface area contributed by atoms with Gasteiger partial charge >= 0.3 is 0 Å². The van der Waals surface area contributed by atoms with E-state index in [1.807, 2.05) is 12.1 Å². The van der Waals surface area contributed by atoms with Gasteiger partial charge in [-0.05, 0) is 30.9 Å². The minimum atomic E-state index is 0.105. The molecule has 2 N–H and O–H groups in total. The summed E-state index contributed by atoms with van der Waals surface area (Å²) in [6.07, 6.45) is 2.30. The Bertz CT molecular complexity index is 342. The summed E-state index contributed by atoms with van der Waals surface area (Å²) >= 11 is 0. The van der Waals surface area contributed by atoms with Gasteiger partial charge in [0.15, 0.2) is 0 Å². The van der Waals surface area contributed by atoms with Gasteiger partial charge in [0, 0.05) is 18.7 Å². The van der Waals surface area contributed by atoms with Gasteiger partial charge in [0.1, 0.15) is 0 Å². The number of rotatable bonds is 4. The van der Waals surface area contributed by atoms with Crippen molar-refractivity contribution in [2.24, 2.45) is 0 Å². The molecule has 0 aromatic heterocycles. The van der Waals surface area contributed by atoms with E-state index < -0.39 is 0 Å². The van der Waals surface area contributed by atoms with Crippen molar-refractivity contribution in [1.29, 1.82) is 0 Å². The van der Waals surface area contributed by atoms with E-state index in [9.17, 15) is 0 Å². The van der Waals surface area contributed by atoms with Gasteiger partial charge in [0.05, 0.1) is 13.2 Å². The molecule has 1 aromatic rings. The van der Waals surface area contributed by atoms with Crippen molar-refractivity contribution < 1.29 is 9.84 Å². The Balaban J connectivity index is 1.87. The molecule has 0 aliphatic carbocycles. The maximum absolute atomic E-state index is 8.97. The molecule has 0 amide bonds. The summed E-state index contributed by atoms with van der Waals surface area (Å²) in [4.78, 5) is 0. The molecule has 1 saturated heterocycles. The van der Waals surface area contributed by atoms with Gasteiger partial charge in [-0.3, -0.25) is 0 Å². The maximum Gasteiger partial charge on any atom is 0.0681 e. The molecule has 1 fully saturated rings. The molecule has 0 spiro atoms. The lowest BCUT2D eigenvalue weighted by Crippen LogP contribution is -2.48. The van der Waals surface area contributed by atoms with Crippen LogP contribution in [0.3, 0.4) is 0 Å². The second kappa shape index (κ2) is 5.63. The lowest BCUT2D eigenvalue weighted by atomic mass is 9.94. The van der Waals surface area contributed by atoms with Crippen molar-refractivity contribution in [3.05, 3.63) is 35.4 Å². The fraction of sp³-hybridized carbons (Fsp3) is 0.571. The minimum absolute atomic E-state index is 0.105. The van der Waals surface area contributed by atoms with E-state index in [0.29, 0.717) is 0 Å². The van der Waals surface area contributed by atoms with Crippen LogP contribution in [0.2, 0.25) is 0 Å². The van der Waals surface area contributed by atoms with Crippen LogP contribution in [-0.4, -0.2) is 23.9 Å². The predicted octanol–water partition coefficient (Wildman–Crippen LogP) is 1.84. The molecule has 1 aromatic carbocycles. The Morgan fingerprint density at radius 1 is 1.29 bits per heavy atom. The monoisotopic (exact) mass is 235 g/mol. The first kappa shape index (κ1) is 12.6. The van der Waals surface area contributed by atoms with Crippen molar-refractivity contribution in [2.45, 2.75) is 38.5 Å². The van der Waals surface area contributed by atoms with Crippen molar-refractivity contribution in [2.75, 3.05) is 13.2 Å². The predicted molar refractivity (Wildman–Crippen MR) is 67.7 cm³/mol. The van der Waals surface area contributed by atoms with Gasteiger partial charge in [-0.1, -0.05) is 24.3 Å². The van der Waals surface area contributed by atoms with Crippen LogP contribution in [0.4, 0.5) is 0 Å². The van der Waals surface area contributed by atoms with E-state index in [1.54, 1.807) is 0 Å². The van der Waals surface area contributed by atoms with Crippen LogP contribution >= 0.6 is 0 Å². The molecule has 1 atom stereocenters. The molecule has 0 saturated carbocycles. The van der Waals surface area contributed by atoms with Gasteiger partial charge in [-0.2, -0.15) is 0 Å². The molecule has 1 aliphatic heterocycles. The highest BCUT2D eigenvalue weighted by molar-refractivity contribution is 5.22. The average Bonchev–Trinajstić information content (AvgIpc) is 2.38. The van der Waals surface area contributed by atoms with Crippen LogP contribution in [0, 0.1) is 0 Å². The summed E-state index contributed by atoms with van der Waals surface area (Å²) in [5, 5.41) is 12.5. The SMILES string of the molecule is CC1(NCc2ccc(CO)cc2)CCCOC1. The molecule has 1 unspecified atom stereocenters. The van der Waals surface area contributed by atoms with Crippen LogP contribution in [0.1, 0.15) is 30.9 Å². The summed E-state index contributed by atoms with van der Waals surface area (Å²) in [6, 6.07) is 8.06. The number of hydrogen-bond acceptors (Lipinski definition) is 3. The van der Waals surface area contributed by atoms with Gasteiger partial charge in [0.25, 0.3) is 0 Å². The van der Waals surface area contributed by atoms with E-state index in [1.165, 1.54) is 12.0 Å². The molecule has 1 heterocycles. The van der Waals surface area contributed by atoms with Gasteiger partial charge < -0.3 is 15.2 Å². The highest BCUT2D eigenvalue weighted by Crippen LogP contribution is 2.19. The van der Waals surface area contributed by atoms with Crippen molar-refractivity contribution in [1.82, 2.24) is 5.32 Å². The maximum atomic E-state index is 8.97. The number of hydrogen-bond donors (Lipinski definition) is 2. The first-order chi connectivity index (χ1) is 8.22. The Morgan fingerprint density at radius 2 is 2.00 bits per heavy atom. The van der Waals surface area contributed by atoms with Crippen molar-refractivity contribution in [3.63, 3.8) is 0 Å². The smallest absolute Gasteiger partial charge is 0.0681 e. The molecule has 2 rings (SSSR count). The van der Waals surface area contributed by atoms with E-state index in [-0.39, 0.29) is 12.1 Å². The molecule has 17 heavy (non-hydrogen) atoms. The molecule has 3 heteroatoms. The number of benzene rings is 1. The number of aliphatic hydroxyl groups is 1. The Hall–Kier alpha value is -0.900. The quantitative estimate of drug-likeness (QED) is 0.836. The summed E-state index contributed by atoms with van der Waals surface area (Å²) < 4.78 is 5.51. The first-order valence-corrected chi connectivity index (χ1v) is 6.23. The zero-order chi connectivity index (χ0) is 12.1. The summed E-state index contributed by atoms with van der Waals surface area (Å²) in [5.74, 6) is 0. The third-order valence-electron chi connectivity index (χ3n) is 3.36. The second-order valence-electron chi connectivity index (χ2n) is 5.04. The van der Waals surface area contributed by atoms with Crippen LogP contribution < -0.4 is 5.32 Å². The van der Waals surface area contributed by atoms with E-state index >= 15 is 0 Å². The van der Waals surface area contributed by atoms with Crippen LogP contribution in [0.15, 0.2) is 24.3 Å². The van der Waals surface area contributed by atoms with Crippen molar-refractivity contribution in [3.8, 4) is 0 Å². The molecule has 0 radical (unpaired) electrons. The lowest BCUT2D eigenvalue weighted by Gasteiger charge is -2.34. The Labute approximate surface area is 103 Å². The highest BCUT2D eigenvalue weighted by Gasteiger charge is 2.26. The van der Waals surface area contributed by atoms with E-state index in [2.05, 4.69) is 24.4 Å². The number of nitrogens with one attached hydrogen (secondary N) is 1. The van der Waals surface area contributed by atoms with E-state index in [4.69, 9.17) is 9.84 Å². The minimum Gasteiger partial charge on any atom is -0.392 e. The molecule has 3 nitrogen and oxygen atoms in total.